The van der Waals surface area contributed by atoms with Crippen molar-refractivity contribution in [3.05, 3.63) is 100 Å². The largest absolute Gasteiger partial charge is 0.494 e. The van der Waals surface area contributed by atoms with Crippen LogP contribution in [0.15, 0.2) is 78.0 Å². The fraction of sp³-hybridized carbons (Fsp3) is 0.385. The summed E-state index contributed by atoms with van der Waals surface area (Å²) in [6.07, 6.45) is 5.31. The summed E-state index contributed by atoms with van der Waals surface area (Å²) >= 11 is 6.70. The number of hydrogen-bond acceptors (Lipinski definition) is 11. The van der Waals surface area contributed by atoms with Crippen LogP contribution >= 0.6 is 11.6 Å². The number of aliphatic carboxylic acids is 1. The van der Waals surface area contributed by atoms with Crippen molar-refractivity contribution in [2.45, 2.75) is 63.0 Å². The van der Waals surface area contributed by atoms with Gasteiger partial charge >= 0.3 is 5.97 Å². The lowest BCUT2D eigenvalue weighted by Crippen LogP contribution is -2.52. The highest BCUT2D eigenvalue weighted by Gasteiger charge is 2.32. The zero-order valence-corrected chi connectivity index (χ0v) is 31.6. The molecule has 4 N–H and O–H groups in total. The van der Waals surface area contributed by atoms with Crippen LogP contribution in [0.5, 0.6) is 17.2 Å². The summed E-state index contributed by atoms with van der Waals surface area (Å²) in [6, 6.07) is 18.6. The minimum atomic E-state index is -3.49. The summed E-state index contributed by atoms with van der Waals surface area (Å²) in [5.41, 5.74) is 3.33. The molecule has 1 aliphatic heterocycles. The molecule has 1 fully saturated rings. The average molecular weight is 768 g/mol. The maximum Gasteiger partial charge on any atom is 0.326 e. The van der Waals surface area contributed by atoms with E-state index in [4.69, 9.17) is 25.8 Å². The molecule has 0 aliphatic carbocycles. The SMILES string of the molecule is Cc1c(COc2cc(OCc3cncc(S(C)(=O)=O)c3)c(CNC(C)(CO)C(=O)O)cc2Cl)cccc1-c1cccc(OCCCN2CCC(O)C2)c1. The van der Waals surface area contributed by atoms with Gasteiger partial charge < -0.3 is 34.4 Å². The Bertz CT molecular complexity index is 2010. The number of hydrogen-bond donors (Lipinski definition) is 4. The number of rotatable bonds is 18. The van der Waals surface area contributed by atoms with Crippen molar-refractivity contribution in [2.24, 2.45) is 0 Å². The van der Waals surface area contributed by atoms with Gasteiger partial charge in [-0.15, -0.1) is 0 Å². The lowest BCUT2D eigenvalue weighted by Gasteiger charge is -2.25. The molecule has 0 radical (unpaired) electrons. The van der Waals surface area contributed by atoms with Crippen LogP contribution in [0.4, 0.5) is 0 Å². The van der Waals surface area contributed by atoms with Gasteiger partial charge in [-0.05, 0) is 73.2 Å². The molecule has 2 atom stereocenters. The van der Waals surface area contributed by atoms with E-state index in [-0.39, 0.29) is 35.8 Å². The normalized spacial score (nSPS) is 15.9. The lowest BCUT2D eigenvalue weighted by atomic mass is 9.96. The van der Waals surface area contributed by atoms with Crippen molar-refractivity contribution in [1.29, 1.82) is 0 Å². The lowest BCUT2D eigenvalue weighted by molar-refractivity contribution is -0.145. The molecule has 14 heteroatoms. The monoisotopic (exact) mass is 767 g/mol. The predicted molar refractivity (Wildman–Crippen MR) is 201 cm³/mol. The highest BCUT2D eigenvalue weighted by molar-refractivity contribution is 7.90. The number of carboxylic acid groups (broad SMARTS) is 1. The van der Waals surface area contributed by atoms with Crippen LogP contribution in [0.1, 0.15) is 42.0 Å². The molecule has 2 unspecified atom stereocenters. The number of nitrogens with zero attached hydrogens (tertiary/aromatic N) is 2. The van der Waals surface area contributed by atoms with Gasteiger partial charge in [0.05, 0.1) is 29.2 Å². The van der Waals surface area contributed by atoms with E-state index in [0.717, 1.165) is 66.7 Å². The minimum Gasteiger partial charge on any atom is -0.494 e. The molecule has 1 aromatic heterocycles. The minimum absolute atomic E-state index is 0.0210. The standard InChI is InChI=1S/C39H46ClN3O9S/c1-26-29(8-5-10-34(26)28-7-4-9-32(16-28)50-14-6-12-43-13-11-31(45)22-43)24-52-37-18-36(51-23-27-15-33(21-41-19-27)53(3,48)49)30(17-35(37)40)20-42-39(2,25-44)38(46)47/h4-5,7-10,15-19,21,31,42,44-45H,6,11-14,20,22-25H2,1-3H3,(H,46,47). The van der Waals surface area contributed by atoms with Crippen molar-refractivity contribution in [3.8, 4) is 28.4 Å². The summed E-state index contributed by atoms with van der Waals surface area (Å²) in [5, 5.41) is 32.3. The van der Waals surface area contributed by atoms with E-state index >= 15 is 0 Å². The molecule has 3 aromatic carbocycles. The number of benzene rings is 3. The van der Waals surface area contributed by atoms with Crippen molar-refractivity contribution in [3.63, 3.8) is 0 Å². The molecule has 12 nitrogen and oxygen atoms in total. The maximum atomic E-state index is 12.1. The smallest absolute Gasteiger partial charge is 0.326 e. The fourth-order valence-corrected chi connectivity index (χ4v) is 6.77. The molecule has 0 saturated carbocycles. The zero-order chi connectivity index (χ0) is 38.2. The molecule has 4 aromatic rings. The Hall–Kier alpha value is -4.24. The third-order valence-electron chi connectivity index (χ3n) is 9.27. The van der Waals surface area contributed by atoms with Crippen LogP contribution in [0.25, 0.3) is 11.1 Å². The number of pyridine rings is 1. The van der Waals surface area contributed by atoms with Crippen LogP contribution in [0.2, 0.25) is 5.02 Å². The van der Waals surface area contributed by atoms with Crippen molar-refractivity contribution >= 4 is 27.4 Å². The van der Waals surface area contributed by atoms with Gasteiger partial charge in [0.15, 0.2) is 9.84 Å². The van der Waals surface area contributed by atoms with E-state index in [1.807, 2.05) is 49.4 Å². The Morgan fingerprint density at radius 3 is 2.53 bits per heavy atom. The van der Waals surface area contributed by atoms with Crippen LogP contribution in [0.3, 0.4) is 0 Å². The molecular weight excluding hydrogens is 722 g/mol. The highest BCUT2D eigenvalue weighted by Crippen LogP contribution is 2.35. The van der Waals surface area contributed by atoms with E-state index < -0.39 is 28.0 Å². The number of ether oxygens (including phenoxy) is 3. The number of aliphatic hydroxyl groups excluding tert-OH is 2. The van der Waals surface area contributed by atoms with Gasteiger partial charge in [0.25, 0.3) is 0 Å². The summed E-state index contributed by atoms with van der Waals surface area (Å²) in [7, 11) is -3.49. The Labute approximate surface area is 315 Å². The molecule has 5 rings (SSSR count). The van der Waals surface area contributed by atoms with Crippen LogP contribution < -0.4 is 19.5 Å². The zero-order valence-electron chi connectivity index (χ0n) is 30.0. The number of β-amino-alcohol motifs (C(OH)–C–C–N with tert-alkyl or cyclic N) is 1. The van der Waals surface area contributed by atoms with Crippen molar-refractivity contribution in [2.75, 3.05) is 39.1 Å². The summed E-state index contributed by atoms with van der Waals surface area (Å²) in [4.78, 5) is 18.1. The summed E-state index contributed by atoms with van der Waals surface area (Å²) < 4.78 is 42.6. The van der Waals surface area contributed by atoms with Gasteiger partial charge in [-0.3, -0.25) is 15.1 Å². The highest BCUT2D eigenvalue weighted by atomic mass is 35.5. The first-order valence-corrected chi connectivity index (χ1v) is 19.6. The second-order valence-corrected chi connectivity index (χ2v) is 15.9. The molecule has 1 aliphatic rings. The number of carboxylic acids is 1. The second-order valence-electron chi connectivity index (χ2n) is 13.5. The fourth-order valence-electron chi connectivity index (χ4n) is 5.91. The Kier molecular flexibility index (Phi) is 13.4. The van der Waals surface area contributed by atoms with Crippen LogP contribution in [-0.2, 0) is 34.4 Å². The van der Waals surface area contributed by atoms with Gasteiger partial charge in [-0.25, -0.2) is 8.42 Å². The van der Waals surface area contributed by atoms with Gasteiger partial charge in [0.1, 0.15) is 36.0 Å². The van der Waals surface area contributed by atoms with Crippen molar-refractivity contribution in [1.82, 2.24) is 15.2 Å². The number of aromatic nitrogens is 1. The summed E-state index contributed by atoms with van der Waals surface area (Å²) in [5.74, 6) is 0.178. The Morgan fingerprint density at radius 2 is 1.81 bits per heavy atom. The van der Waals surface area contributed by atoms with Gasteiger partial charge in [-0.1, -0.05) is 41.9 Å². The summed E-state index contributed by atoms with van der Waals surface area (Å²) in [6.45, 7) is 5.95. The molecule has 2 heterocycles. The van der Waals surface area contributed by atoms with Gasteiger partial charge in [-0.2, -0.15) is 0 Å². The number of aliphatic hydroxyl groups is 2. The van der Waals surface area contributed by atoms with Gasteiger partial charge in [0.2, 0.25) is 0 Å². The van der Waals surface area contributed by atoms with Crippen molar-refractivity contribution < 1.29 is 42.7 Å². The second kappa shape index (κ2) is 17.7. The number of carbonyl (C=O) groups is 1. The third-order valence-corrected chi connectivity index (χ3v) is 10.6. The molecule has 1 saturated heterocycles. The maximum absolute atomic E-state index is 12.1. The van der Waals surface area contributed by atoms with E-state index in [9.17, 15) is 28.5 Å². The molecular formula is C39H46ClN3O9S. The molecule has 284 valence electrons. The van der Waals surface area contributed by atoms with E-state index in [1.54, 1.807) is 12.1 Å². The third kappa shape index (κ3) is 10.7. The number of sulfone groups is 1. The van der Waals surface area contributed by atoms with E-state index in [1.165, 1.54) is 25.4 Å². The first-order valence-electron chi connectivity index (χ1n) is 17.3. The Balaban J connectivity index is 1.31. The predicted octanol–water partition coefficient (Wildman–Crippen LogP) is 5.03. The molecule has 0 spiro atoms. The molecule has 0 amide bonds. The number of nitrogens with one attached hydrogen (secondary N) is 1. The topological polar surface area (TPSA) is 168 Å². The number of likely N-dealkylation sites (tertiary alicyclic amines) is 1. The van der Waals surface area contributed by atoms with E-state index in [0.29, 0.717) is 29.2 Å². The van der Waals surface area contributed by atoms with Gasteiger partial charge in [0, 0.05) is 62.0 Å². The first kappa shape index (κ1) is 40.0. The molecule has 53 heavy (non-hydrogen) atoms. The van der Waals surface area contributed by atoms with Crippen LogP contribution in [-0.4, -0.2) is 90.3 Å². The Morgan fingerprint density at radius 1 is 1.04 bits per heavy atom. The first-order chi connectivity index (χ1) is 25.3. The number of halogens is 1. The average Bonchev–Trinajstić information content (AvgIpc) is 3.56. The van der Waals surface area contributed by atoms with E-state index in [2.05, 4.69) is 15.2 Å². The quantitative estimate of drug-likeness (QED) is 0.0999. The van der Waals surface area contributed by atoms with Crippen LogP contribution in [0, 0.1) is 6.92 Å². The molecule has 0 bridgehead atoms.